The van der Waals surface area contributed by atoms with Gasteiger partial charge in [0, 0.05) is 43.3 Å². The molecule has 0 amide bonds. The molecule has 0 aliphatic rings. The van der Waals surface area contributed by atoms with Gasteiger partial charge in [-0.1, -0.05) is 152 Å². The number of nitrogens with zero attached hydrogens (tertiary/aromatic N) is 4. The molecule has 0 unspecified atom stereocenters. The second kappa shape index (κ2) is 11.4. The summed E-state index contributed by atoms with van der Waals surface area (Å²) in [6.45, 7) is 0. The molecule has 0 saturated carbocycles. The van der Waals surface area contributed by atoms with Crippen molar-refractivity contribution in [3.8, 4) is 39.5 Å². The molecule has 8 aromatic carbocycles. The van der Waals surface area contributed by atoms with Gasteiger partial charge in [-0.25, -0.2) is 4.98 Å². The van der Waals surface area contributed by atoms with Crippen LogP contribution in [0.3, 0.4) is 0 Å². The lowest BCUT2D eigenvalue weighted by Crippen LogP contribution is -2.02. The molecule has 0 atom stereocenters. The molecular formula is C52H30N4O. The van der Waals surface area contributed by atoms with Gasteiger partial charge in [0.25, 0.3) is 0 Å². The van der Waals surface area contributed by atoms with Crippen LogP contribution in [-0.4, -0.2) is 18.9 Å². The van der Waals surface area contributed by atoms with Crippen LogP contribution in [0.25, 0.3) is 121 Å². The summed E-state index contributed by atoms with van der Waals surface area (Å²) in [5.41, 5.74) is 13.7. The smallest absolute Gasteiger partial charge is 0.238 e. The molecule has 13 rings (SSSR count). The van der Waals surface area contributed by atoms with Crippen LogP contribution in [-0.2, 0) is 0 Å². The van der Waals surface area contributed by atoms with Gasteiger partial charge in [-0.2, -0.15) is 4.98 Å². The minimum Gasteiger partial charge on any atom is -0.437 e. The molecule has 0 aliphatic carbocycles. The standard InChI is InChI=1S/C52H30N4O/c1-3-13-31(14-4-1)33-23-25-34(26-24-33)49-48-39-19-9-12-22-45(39)57-51(48)54-52(53-49)56-42-21-11-7-17-37(42)46-44(56)30-40-36-28-27-35(32-15-5-2-6-16-32)29-43(36)55-41-20-10-8-18-38(41)47(46)50(40)55/h1-30H. The maximum absolute atomic E-state index is 6.57. The Kier molecular flexibility index (Phi) is 6.10. The van der Waals surface area contributed by atoms with Gasteiger partial charge in [0.2, 0.25) is 11.7 Å². The quantitative estimate of drug-likeness (QED) is 0.181. The van der Waals surface area contributed by atoms with Gasteiger partial charge >= 0.3 is 0 Å². The summed E-state index contributed by atoms with van der Waals surface area (Å²) < 4.78 is 11.3. The summed E-state index contributed by atoms with van der Waals surface area (Å²) in [5.74, 6) is 0.572. The number of hydrogen-bond acceptors (Lipinski definition) is 3. The molecular weight excluding hydrogens is 697 g/mol. The summed E-state index contributed by atoms with van der Waals surface area (Å²) >= 11 is 0. The molecule has 0 N–H and O–H groups in total. The largest absolute Gasteiger partial charge is 0.437 e. The van der Waals surface area contributed by atoms with Crippen molar-refractivity contribution in [2.75, 3.05) is 0 Å². The fourth-order valence-electron chi connectivity index (χ4n) is 9.41. The van der Waals surface area contributed by atoms with Crippen molar-refractivity contribution in [2.45, 2.75) is 0 Å². The van der Waals surface area contributed by atoms with E-state index in [1.54, 1.807) is 0 Å². The predicted molar refractivity (Wildman–Crippen MR) is 235 cm³/mol. The Hall–Kier alpha value is -7.76. The van der Waals surface area contributed by atoms with Crippen LogP contribution in [0.15, 0.2) is 186 Å². The zero-order valence-electron chi connectivity index (χ0n) is 30.5. The van der Waals surface area contributed by atoms with E-state index in [-0.39, 0.29) is 0 Å². The first-order chi connectivity index (χ1) is 28.3. The van der Waals surface area contributed by atoms with Crippen molar-refractivity contribution < 1.29 is 4.42 Å². The summed E-state index contributed by atoms with van der Waals surface area (Å²) in [7, 11) is 0. The number of rotatable bonds is 4. The third kappa shape index (κ3) is 4.23. The van der Waals surface area contributed by atoms with Crippen molar-refractivity contribution in [3.63, 3.8) is 0 Å². The maximum atomic E-state index is 6.57. The summed E-state index contributed by atoms with van der Waals surface area (Å²) in [6.07, 6.45) is 0. The van der Waals surface area contributed by atoms with E-state index in [4.69, 9.17) is 14.4 Å². The minimum absolute atomic E-state index is 0.565. The van der Waals surface area contributed by atoms with E-state index in [1.165, 1.54) is 60.2 Å². The zero-order valence-corrected chi connectivity index (χ0v) is 30.5. The highest BCUT2D eigenvalue weighted by Crippen LogP contribution is 2.47. The number of furan rings is 1. The van der Waals surface area contributed by atoms with Crippen molar-refractivity contribution >= 4 is 82.0 Å². The highest BCUT2D eigenvalue weighted by molar-refractivity contribution is 6.35. The van der Waals surface area contributed by atoms with Crippen LogP contribution < -0.4 is 0 Å². The van der Waals surface area contributed by atoms with Gasteiger partial charge in [-0.15, -0.1) is 0 Å². The van der Waals surface area contributed by atoms with Gasteiger partial charge in [0.05, 0.1) is 38.7 Å². The third-order valence-electron chi connectivity index (χ3n) is 11.9. The Morgan fingerprint density at radius 2 is 0.965 bits per heavy atom. The molecule has 0 radical (unpaired) electrons. The molecule has 5 heteroatoms. The van der Waals surface area contributed by atoms with Crippen LogP contribution >= 0.6 is 0 Å². The van der Waals surface area contributed by atoms with Crippen LogP contribution in [0.5, 0.6) is 0 Å². The normalized spacial score (nSPS) is 12.2. The number of aromatic nitrogens is 4. The molecule has 5 aromatic heterocycles. The maximum Gasteiger partial charge on any atom is 0.238 e. The highest BCUT2D eigenvalue weighted by Gasteiger charge is 2.26. The Balaban J connectivity index is 1.14. The minimum atomic E-state index is 0.565. The van der Waals surface area contributed by atoms with Gasteiger partial charge in [-0.3, -0.25) is 4.57 Å². The molecule has 0 saturated heterocycles. The van der Waals surface area contributed by atoms with Crippen LogP contribution in [0, 0.1) is 0 Å². The molecule has 5 heterocycles. The summed E-state index contributed by atoms with van der Waals surface area (Å²) in [5, 5.41) is 9.15. The Morgan fingerprint density at radius 1 is 0.368 bits per heavy atom. The molecule has 0 aliphatic heterocycles. The Morgan fingerprint density at radius 3 is 1.74 bits per heavy atom. The van der Waals surface area contributed by atoms with E-state index in [1.807, 2.05) is 24.3 Å². The van der Waals surface area contributed by atoms with Crippen LogP contribution in [0.4, 0.5) is 0 Å². The van der Waals surface area contributed by atoms with E-state index < -0.39 is 0 Å². The fourth-order valence-corrected chi connectivity index (χ4v) is 9.41. The molecule has 0 bridgehead atoms. The molecule has 264 valence electrons. The van der Waals surface area contributed by atoms with Crippen molar-refractivity contribution in [2.24, 2.45) is 0 Å². The summed E-state index contributed by atoms with van der Waals surface area (Å²) in [4.78, 5) is 10.8. The molecule has 5 nitrogen and oxygen atoms in total. The average molecular weight is 727 g/mol. The first kappa shape index (κ1) is 30.6. The molecule has 0 spiro atoms. The van der Waals surface area contributed by atoms with Crippen LogP contribution in [0.1, 0.15) is 0 Å². The second-order valence-corrected chi connectivity index (χ2v) is 14.9. The average Bonchev–Trinajstić information content (AvgIpc) is 4.02. The van der Waals surface area contributed by atoms with Crippen molar-refractivity contribution in [1.29, 1.82) is 0 Å². The van der Waals surface area contributed by atoms with E-state index in [9.17, 15) is 0 Å². The SMILES string of the molecule is c1ccc(-c2ccc(-c3nc(-n4c5ccccc5c5c6c7ccccc7n7c8cc(-c9ccccc9)ccc8c(cc54)c67)nc4oc5ccccc5c34)cc2)cc1. The Labute approximate surface area is 325 Å². The highest BCUT2D eigenvalue weighted by atomic mass is 16.3. The van der Waals surface area contributed by atoms with Gasteiger partial charge in [0.15, 0.2) is 0 Å². The van der Waals surface area contributed by atoms with E-state index in [2.05, 4.69) is 167 Å². The monoisotopic (exact) mass is 726 g/mol. The first-order valence-corrected chi connectivity index (χ1v) is 19.3. The summed E-state index contributed by atoms with van der Waals surface area (Å²) in [6, 6.07) is 64.7. The number of para-hydroxylation sites is 3. The van der Waals surface area contributed by atoms with E-state index >= 15 is 0 Å². The Bertz CT molecular complexity index is 3730. The van der Waals surface area contributed by atoms with Crippen molar-refractivity contribution in [1.82, 2.24) is 18.9 Å². The molecule has 57 heavy (non-hydrogen) atoms. The molecule has 0 fully saturated rings. The zero-order chi connectivity index (χ0) is 37.2. The van der Waals surface area contributed by atoms with E-state index in [0.29, 0.717) is 11.7 Å². The predicted octanol–water partition coefficient (Wildman–Crippen LogP) is 13.6. The van der Waals surface area contributed by atoms with Crippen LogP contribution in [0.2, 0.25) is 0 Å². The second-order valence-electron chi connectivity index (χ2n) is 14.9. The first-order valence-electron chi connectivity index (χ1n) is 19.3. The number of hydrogen-bond donors (Lipinski definition) is 0. The van der Waals surface area contributed by atoms with Gasteiger partial charge in [0.1, 0.15) is 5.58 Å². The van der Waals surface area contributed by atoms with Gasteiger partial charge < -0.3 is 8.82 Å². The number of benzene rings is 8. The lowest BCUT2D eigenvalue weighted by Gasteiger charge is -2.10. The molecule has 13 aromatic rings. The van der Waals surface area contributed by atoms with Crippen molar-refractivity contribution in [3.05, 3.63) is 182 Å². The fraction of sp³-hybridized carbons (Fsp3) is 0. The third-order valence-corrected chi connectivity index (χ3v) is 11.9. The van der Waals surface area contributed by atoms with Gasteiger partial charge in [-0.05, 0) is 52.6 Å². The topological polar surface area (TPSA) is 48.3 Å². The van der Waals surface area contributed by atoms with E-state index in [0.717, 1.165) is 49.6 Å². The lowest BCUT2D eigenvalue weighted by atomic mass is 10.0. The lowest BCUT2D eigenvalue weighted by molar-refractivity contribution is 0.651. The number of fused-ring (bicyclic) bond motifs is 13.